The van der Waals surface area contributed by atoms with Gasteiger partial charge in [0.1, 0.15) is 0 Å². The number of nitrogens with zero attached hydrogens (tertiary/aromatic N) is 2. The molecule has 0 saturated carbocycles. The molecule has 4 heteroatoms. The zero-order chi connectivity index (χ0) is 14.2. The van der Waals surface area contributed by atoms with Crippen molar-refractivity contribution < 1.29 is 9.53 Å². The van der Waals surface area contributed by atoms with E-state index in [9.17, 15) is 4.79 Å². The summed E-state index contributed by atoms with van der Waals surface area (Å²) >= 11 is 0. The fraction of sp³-hybridized carbons (Fsp3) is 0.500. The lowest BCUT2D eigenvalue weighted by atomic mass is 9.94. The highest BCUT2D eigenvalue weighted by Crippen LogP contribution is 2.20. The van der Waals surface area contributed by atoms with E-state index in [-0.39, 0.29) is 5.91 Å². The summed E-state index contributed by atoms with van der Waals surface area (Å²) in [5.41, 5.74) is 0.697. The predicted octanol–water partition coefficient (Wildman–Crippen LogP) is 2.53. The Morgan fingerprint density at radius 2 is 2.20 bits per heavy atom. The lowest BCUT2D eigenvalue weighted by Gasteiger charge is -2.28. The number of ether oxygens (including phenoxy) is 1. The lowest BCUT2D eigenvalue weighted by molar-refractivity contribution is 0.0658. The fourth-order valence-electron chi connectivity index (χ4n) is 2.49. The van der Waals surface area contributed by atoms with Crippen LogP contribution in [0.5, 0.6) is 0 Å². The molecule has 0 bridgehead atoms. The van der Waals surface area contributed by atoms with Gasteiger partial charge in [0.2, 0.25) is 0 Å². The van der Waals surface area contributed by atoms with Gasteiger partial charge in [0.05, 0.1) is 6.61 Å². The molecule has 0 aliphatic heterocycles. The van der Waals surface area contributed by atoms with Gasteiger partial charge in [0.25, 0.3) is 5.91 Å². The molecular formula is C16H22N2O2. The van der Waals surface area contributed by atoms with E-state index in [0.717, 1.165) is 25.8 Å². The van der Waals surface area contributed by atoms with Crippen molar-refractivity contribution in [1.29, 1.82) is 0 Å². The summed E-state index contributed by atoms with van der Waals surface area (Å²) in [5, 5.41) is 0. The van der Waals surface area contributed by atoms with Gasteiger partial charge in [-0.3, -0.25) is 9.78 Å². The average Bonchev–Trinajstić information content (AvgIpc) is 2.52. The van der Waals surface area contributed by atoms with Crippen molar-refractivity contribution in [1.82, 2.24) is 9.88 Å². The molecule has 1 aromatic heterocycles. The number of carbonyl (C=O) groups excluding carboxylic acids is 1. The molecule has 0 N–H and O–H groups in total. The van der Waals surface area contributed by atoms with Crippen LogP contribution in [0.15, 0.2) is 36.7 Å². The number of amides is 1. The molecule has 1 amide bonds. The minimum atomic E-state index is 0.0685. The maximum atomic E-state index is 12.5. The molecule has 1 atom stereocenters. The molecule has 0 radical (unpaired) electrons. The van der Waals surface area contributed by atoms with Crippen molar-refractivity contribution in [3.05, 3.63) is 42.2 Å². The second-order valence-corrected chi connectivity index (χ2v) is 5.13. The van der Waals surface area contributed by atoms with Crippen molar-refractivity contribution in [3.8, 4) is 0 Å². The van der Waals surface area contributed by atoms with Crippen LogP contribution in [0.3, 0.4) is 0 Å². The molecule has 20 heavy (non-hydrogen) atoms. The Bertz CT molecular complexity index is 445. The van der Waals surface area contributed by atoms with E-state index in [2.05, 4.69) is 17.1 Å². The van der Waals surface area contributed by atoms with E-state index in [0.29, 0.717) is 24.6 Å². The molecule has 1 aliphatic rings. The molecule has 108 valence electrons. The number of methoxy groups -OCH3 is 1. The van der Waals surface area contributed by atoms with Gasteiger partial charge in [-0.15, -0.1) is 0 Å². The first-order valence-corrected chi connectivity index (χ1v) is 7.14. The number of aromatic nitrogens is 1. The third kappa shape index (κ3) is 4.17. The summed E-state index contributed by atoms with van der Waals surface area (Å²) in [6.07, 6.45) is 11.1. The van der Waals surface area contributed by atoms with Crippen LogP contribution < -0.4 is 0 Å². The van der Waals surface area contributed by atoms with Gasteiger partial charge in [-0.25, -0.2) is 0 Å². The van der Waals surface area contributed by atoms with Crippen LogP contribution in [0.1, 0.15) is 29.6 Å². The fourth-order valence-corrected chi connectivity index (χ4v) is 2.49. The number of hydrogen-bond donors (Lipinski definition) is 0. The Morgan fingerprint density at radius 1 is 1.40 bits per heavy atom. The second kappa shape index (κ2) is 7.80. The number of pyridine rings is 1. The van der Waals surface area contributed by atoms with E-state index in [4.69, 9.17) is 4.74 Å². The van der Waals surface area contributed by atoms with Gasteiger partial charge in [0.15, 0.2) is 0 Å². The van der Waals surface area contributed by atoms with E-state index in [1.807, 2.05) is 4.90 Å². The van der Waals surface area contributed by atoms with Crippen LogP contribution in [0.2, 0.25) is 0 Å². The van der Waals surface area contributed by atoms with Crippen molar-refractivity contribution >= 4 is 5.91 Å². The minimum absolute atomic E-state index is 0.0685. The van der Waals surface area contributed by atoms with Gasteiger partial charge < -0.3 is 9.64 Å². The summed E-state index contributed by atoms with van der Waals surface area (Å²) in [6, 6.07) is 3.53. The average molecular weight is 274 g/mol. The summed E-state index contributed by atoms with van der Waals surface area (Å²) in [6.45, 7) is 2.01. The summed E-state index contributed by atoms with van der Waals surface area (Å²) in [4.78, 5) is 18.4. The molecule has 0 spiro atoms. The van der Waals surface area contributed by atoms with Crippen molar-refractivity contribution in [2.24, 2.45) is 5.92 Å². The van der Waals surface area contributed by atoms with Crippen molar-refractivity contribution in [2.75, 3.05) is 26.8 Å². The smallest absolute Gasteiger partial charge is 0.254 e. The zero-order valence-corrected chi connectivity index (χ0v) is 12.0. The Labute approximate surface area is 120 Å². The zero-order valence-electron chi connectivity index (χ0n) is 12.0. The van der Waals surface area contributed by atoms with E-state index < -0.39 is 0 Å². The lowest BCUT2D eigenvalue weighted by Crippen LogP contribution is -2.38. The van der Waals surface area contributed by atoms with Gasteiger partial charge in [-0.05, 0) is 37.3 Å². The van der Waals surface area contributed by atoms with Gasteiger partial charge in [-0.1, -0.05) is 12.2 Å². The first-order valence-electron chi connectivity index (χ1n) is 7.14. The Morgan fingerprint density at radius 3 is 2.85 bits per heavy atom. The molecule has 1 aliphatic carbocycles. The Kier molecular flexibility index (Phi) is 5.74. The van der Waals surface area contributed by atoms with E-state index >= 15 is 0 Å². The third-order valence-electron chi connectivity index (χ3n) is 3.64. The van der Waals surface area contributed by atoms with Gasteiger partial charge in [-0.2, -0.15) is 0 Å². The highest BCUT2D eigenvalue weighted by molar-refractivity contribution is 5.94. The van der Waals surface area contributed by atoms with E-state index in [1.54, 1.807) is 31.6 Å². The standard InChI is InChI=1S/C16H22N2O2/c1-20-12-11-18(13-14-5-3-2-4-6-14)16(19)15-7-9-17-10-8-15/h2-3,7-10,14H,4-6,11-13H2,1H3/t14-/m1/s1. The molecular weight excluding hydrogens is 252 g/mol. The van der Waals surface area contributed by atoms with Crippen LogP contribution in [0, 0.1) is 5.92 Å². The molecule has 4 nitrogen and oxygen atoms in total. The van der Waals surface area contributed by atoms with Gasteiger partial charge >= 0.3 is 0 Å². The first-order chi connectivity index (χ1) is 9.81. The minimum Gasteiger partial charge on any atom is -0.383 e. The van der Waals surface area contributed by atoms with Crippen LogP contribution in [-0.4, -0.2) is 42.6 Å². The Hall–Kier alpha value is -1.68. The normalized spacial score (nSPS) is 17.9. The van der Waals surface area contributed by atoms with Crippen LogP contribution in [0.25, 0.3) is 0 Å². The number of hydrogen-bond acceptors (Lipinski definition) is 3. The first kappa shape index (κ1) is 14.7. The molecule has 2 rings (SSSR count). The maximum absolute atomic E-state index is 12.5. The Balaban J connectivity index is 2.02. The SMILES string of the molecule is COCCN(C[C@@H]1CC=CCC1)C(=O)c1ccncc1. The van der Waals surface area contributed by atoms with Crippen LogP contribution in [0.4, 0.5) is 0 Å². The highest BCUT2D eigenvalue weighted by Gasteiger charge is 2.20. The quantitative estimate of drug-likeness (QED) is 0.749. The van der Waals surface area contributed by atoms with Gasteiger partial charge in [0, 0.05) is 38.2 Å². The van der Waals surface area contributed by atoms with Crippen molar-refractivity contribution in [3.63, 3.8) is 0 Å². The molecule has 0 unspecified atom stereocenters. The summed E-state index contributed by atoms with van der Waals surface area (Å²) < 4.78 is 5.13. The molecule has 0 saturated heterocycles. The summed E-state index contributed by atoms with van der Waals surface area (Å²) in [7, 11) is 1.67. The highest BCUT2D eigenvalue weighted by atomic mass is 16.5. The monoisotopic (exact) mass is 274 g/mol. The maximum Gasteiger partial charge on any atom is 0.254 e. The van der Waals surface area contributed by atoms with E-state index in [1.165, 1.54) is 0 Å². The molecule has 1 heterocycles. The largest absolute Gasteiger partial charge is 0.383 e. The van der Waals surface area contributed by atoms with Crippen LogP contribution in [-0.2, 0) is 4.74 Å². The number of carbonyl (C=O) groups is 1. The second-order valence-electron chi connectivity index (χ2n) is 5.13. The molecule has 0 aromatic carbocycles. The van der Waals surface area contributed by atoms with Crippen LogP contribution >= 0.6 is 0 Å². The molecule has 1 aromatic rings. The third-order valence-corrected chi connectivity index (χ3v) is 3.64. The topological polar surface area (TPSA) is 42.4 Å². The molecule has 0 fully saturated rings. The summed E-state index contributed by atoms with van der Waals surface area (Å²) in [5.74, 6) is 0.627. The predicted molar refractivity (Wildman–Crippen MR) is 78.5 cm³/mol. The number of rotatable bonds is 6. The van der Waals surface area contributed by atoms with Crippen molar-refractivity contribution in [2.45, 2.75) is 19.3 Å². The number of allylic oxidation sites excluding steroid dienone is 2.